The summed E-state index contributed by atoms with van der Waals surface area (Å²) in [5.41, 5.74) is 1.57. The van der Waals surface area contributed by atoms with E-state index < -0.39 is 23.1 Å². The van der Waals surface area contributed by atoms with Gasteiger partial charge in [0.2, 0.25) is 0 Å². The topological polar surface area (TPSA) is 60.9 Å². The quantitative estimate of drug-likeness (QED) is 0.827. The maximum absolute atomic E-state index is 13.1. The minimum Gasteiger partial charge on any atom is -0.503 e. The largest absolute Gasteiger partial charge is 0.503 e. The number of aliphatic hydroxyl groups excluding tert-OH is 1. The van der Waals surface area contributed by atoms with Crippen LogP contribution in [0.4, 0.5) is 0 Å². The van der Waals surface area contributed by atoms with Gasteiger partial charge in [0.1, 0.15) is 0 Å². The van der Waals surface area contributed by atoms with E-state index in [1.165, 1.54) is 5.56 Å². The second kappa shape index (κ2) is 7.85. The molecule has 5 nitrogen and oxygen atoms in total. The molecule has 1 aliphatic rings. The van der Waals surface area contributed by atoms with Crippen molar-refractivity contribution in [2.75, 3.05) is 27.2 Å². The van der Waals surface area contributed by atoms with Gasteiger partial charge in [-0.05, 0) is 31.1 Å². The van der Waals surface area contributed by atoms with E-state index in [1.807, 2.05) is 64.0 Å². The molecule has 1 heterocycles. The molecule has 0 bridgehead atoms. The first kappa shape index (κ1) is 21.2. The van der Waals surface area contributed by atoms with E-state index in [-0.39, 0.29) is 11.4 Å². The Hall–Kier alpha value is -2.14. The molecule has 1 aliphatic heterocycles. The first-order valence-electron chi connectivity index (χ1n) is 9.48. The summed E-state index contributed by atoms with van der Waals surface area (Å²) >= 11 is 0. The summed E-state index contributed by atoms with van der Waals surface area (Å²) in [7, 11) is 3.86. The van der Waals surface area contributed by atoms with Crippen molar-refractivity contribution in [1.82, 2.24) is 9.80 Å². The van der Waals surface area contributed by atoms with Gasteiger partial charge in [0.05, 0.1) is 11.6 Å². The van der Waals surface area contributed by atoms with E-state index in [0.717, 1.165) is 5.56 Å². The van der Waals surface area contributed by atoms with Crippen molar-refractivity contribution in [1.29, 1.82) is 0 Å². The highest BCUT2D eigenvalue weighted by Gasteiger charge is 2.45. The van der Waals surface area contributed by atoms with E-state index in [1.54, 1.807) is 4.90 Å². The molecular weight excluding hydrogens is 340 g/mol. The van der Waals surface area contributed by atoms with Gasteiger partial charge in [-0.25, -0.2) is 0 Å². The molecule has 0 spiro atoms. The average molecular weight is 373 g/mol. The lowest BCUT2D eigenvalue weighted by atomic mass is 9.82. The Morgan fingerprint density at radius 1 is 1.19 bits per heavy atom. The minimum atomic E-state index is -0.683. The molecule has 27 heavy (non-hydrogen) atoms. The lowest BCUT2D eigenvalue weighted by Gasteiger charge is -2.30. The zero-order valence-electron chi connectivity index (χ0n) is 17.5. The van der Waals surface area contributed by atoms with Gasteiger partial charge in [0.15, 0.2) is 11.5 Å². The minimum absolute atomic E-state index is 0.196. The summed E-state index contributed by atoms with van der Waals surface area (Å²) in [5, 5.41) is 10.6. The number of benzene rings is 1. The zero-order valence-corrected chi connectivity index (χ0v) is 17.5. The molecule has 0 aromatic heterocycles. The van der Waals surface area contributed by atoms with Crippen molar-refractivity contribution in [2.24, 2.45) is 5.41 Å². The summed E-state index contributed by atoms with van der Waals surface area (Å²) in [6.07, 6.45) is 0. The number of Topliss-reactive ketones (excluding diaryl/α,β-unsaturated/α-hetero) is 1. The number of hydrogen-bond donors (Lipinski definition) is 1. The van der Waals surface area contributed by atoms with E-state index >= 15 is 0 Å². The first-order valence-corrected chi connectivity index (χ1v) is 9.48. The monoisotopic (exact) mass is 372 g/mol. The van der Waals surface area contributed by atoms with Crippen molar-refractivity contribution in [3.63, 3.8) is 0 Å². The van der Waals surface area contributed by atoms with Crippen LogP contribution in [0.1, 0.15) is 57.7 Å². The van der Waals surface area contributed by atoms with Gasteiger partial charge in [-0.3, -0.25) is 9.59 Å². The van der Waals surface area contributed by atoms with E-state index in [2.05, 4.69) is 13.8 Å². The second-order valence-electron chi connectivity index (χ2n) is 8.87. The maximum Gasteiger partial charge on any atom is 0.290 e. The Balaban J connectivity index is 2.52. The third-order valence-electron chi connectivity index (χ3n) is 4.94. The third-order valence-corrected chi connectivity index (χ3v) is 4.94. The Bertz CT molecular complexity index is 740. The fourth-order valence-electron chi connectivity index (χ4n) is 3.24. The van der Waals surface area contributed by atoms with Crippen LogP contribution in [0.15, 0.2) is 35.6 Å². The maximum atomic E-state index is 13.1. The summed E-state index contributed by atoms with van der Waals surface area (Å²) < 4.78 is 0. The number of nitrogens with zero attached hydrogens (tertiary/aromatic N) is 2. The number of rotatable bonds is 6. The lowest BCUT2D eigenvalue weighted by Crippen LogP contribution is -2.37. The zero-order chi connectivity index (χ0) is 20.5. The summed E-state index contributed by atoms with van der Waals surface area (Å²) in [5.74, 6) is -0.679. The molecule has 0 aliphatic carbocycles. The molecule has 1 unspecified atom stereocenters. The first-order chi connectivity index (χ1) is 12.4. The van der Waals surface area contributed by atoms with Crippen LogP contribution in [0, 0.1) is 5.41 Å². The van der Waals surface area contributed by atoms with Gasteiger partial charge >= 0.3 is 0 Å². The number of likely N-dealkylation sites (N-methyl/N-ethyl adjacent to an activating group) is 1. The van der Waals surface area contributed by atoms with Gasteiger partial charge in [-0.2, -0.15) is 0 Å². The van der Waals surface area contributed by atoms with Crippen LogP contribution < -0.4 is 0 Å². The number of amides is 1. The predicted molar refractivity (Wildman–Crippen MR) is 108 cm³/mol. The number of carbonyl (C=O) groups excluding carboxylic acids is 2. The molecule has 0 saturated heterocycles. The SMILES string of the molecule is CC(C)c1ccc(C2C(C(=O)C(C)(C)C)=C(O)C(=O)N2CCN(C)C)cc1. The number of carbonyl (C=O) groups is 2. The van der Waals surface area contributed by atoms with Crippen molar-refractivity contribution in [3.8, 4) is 0 Å². The summed E-state index contributed by atoms with van der Waals surface area (Å²) in [4.78, 5) is 29.4. The number of hydrogen-bond acceptors (Lipinski definition) is 4. The number of ketones is 1. The Morgan fingerprint density at radius 2 is 1.74 bits per heavy atom. The van der Waals surface area contributed by atoms with Crippen molar-refractivity contribution in [2.45, 2.75) is 46.6 Å². The number of aliphatic hydroxyl groups is 1. The van der Waals surface area contributed by atoms with Crippen LogP contribution in [0.3, 0.4) is 0 Å². The molecule has 0 saturated carbocycles. The molecule has 0 radical (unpaired) electrons. The highest BCUT2D eigenvalue weighted by molar-refractivity contribution is 6.10. The fourth-order valence-corrected chi connectivity index (χ4v) is 3.24. The molecular formula is C22H32N2O3. The van der Waals surface area contributed by atoms with Crippen molar-refractivity contribution in [3.05, 3.63) is 46.7 Å². The van der Waals surface area contributed by atoms with Crippen LogP contribution in [-0.2, 0) is 9.59 Å². The Morgan fingerprint density at radius 3 is 2.19 bits per heavy atom. The molecule has 2 rings (SSSR count). The molecule has 1 aromatic carbocycles. The van der Waals surface area contributed by atoms with Crippen molar-refractivity contribution < 1.29 is 14.7 Å². The Labute approximate surface area is 162 Å². The van der Waals surface area contributed by atoms with E-state index in [0.29, 0.717) is 19.0 Å². The Kier molecular flexibility index (Phi) is 6.15. The molecule has 1 aromatic rings. The lowest BCUT2D eigenvalue weighted by molar-refractivity contribution is -0.129. The van der Waals surface area contributed by atoms with Crippen LogP contribution in [0.25, 0.3) is 0 Å². The highest BCUT2D eigenvalue weighted by Crippen LogP contribution is 2.40. The molecule has 1 atom stereocenters. The van der Waals surface area contributed by atoms with Crippen LogP contribution in [-0.4, -0.2) is 53.8 Å². The average Bonchev–Trinajstić information content (AvgIpc) is 2.82. The van der Waals surface area contributed by atoms with Gasteiger partial charge in [0.25, 0.3) is 5.91 Å². The van der Waals surface area contributed by atoms with Crippen LogP contribution >= 0.6 is 0 Å². The smallest absolute Gasteiger partial charge is 0.290 e. The fraction of sp³-hybridized carbons (Fsp3) is 0.545. The second-order valence-corrected chi connectivity index (χ2v) is 8.87. The molecule has 1 N–H and O–H groups in total. The van der Waals surface area contributed by atoms with E-state index in [4.69, 9.17) is 0 Å². The molecule has 1 amide bonds. The molecule has 148 valence electrons. The normalized spacial score (nSPS) is 18.2. The summed E-state index contributed by atoms with van der Waals surface area (Å²) in [6.45, 7) is 10.8. The predicted octanol–water partition coefficient (Wildman–Crippen LogP) is 3.68. The third kappa shape index (κ3) is 4.41. The van der Waals surface area contributed by atoms with Crippen LogP contribution in [0.5, 0.6) is 0 Å². The summed E-state index contributed by atoms with van der Waals surface area (Å²) in [6, 6.07) is 7.44. The standard InChI is InChI=1S/C22H32N2O3/c1-14(2)15-8-10-16(11-9-15)18-17(20(26)22(3,4)5)19(25)21(27)24(18)13-12-23(6)7/h8-11,14,18,25H,12-13H2,1-7H3. The van der Waals surface area contributed by atoms with Gasteiger partial charge in [0, 0.05) is 18.5 Å². The van der Waals surface area contributed by atoms with Gasteiger partial charge in [-0.15, -0.1) is 0 Å². The molecule has 5 heteroatoms. The van der Waals surface area contributed by atoms with Crippen molar-refractivity contribution >= 4 is 11.7 Å². The van der Waals surface area contributed by atoms with Gasteiger partial charge in [-0.1, -0.05) is 58.9 Å². The highest BCUT2D eigenvalue weighted by atomic mass is 16.3. The van der Waals surface area contributed by atoms with Crippen LogP contribution in [0.2, 0.25) is 0 Å². The van der Waals surface area contributed by atoms with E-state index in [9.17, 15) is 14.7 Å². The molecule has 0 fully saturated rings. The van der Waals surface area contributed by atoms with Gasteiger partial charge < -0.3 is 14.9 Å².